The van der Waals surface area contributed by atoms with E-state index in [1.54, 1.807) is 11.3 Å². The van der Waals surface area contributed by atoms with Gasteiger partial charge in [-0.05, 0) is 49.6 Å². The van der Waals surface area contributed by atoms with E-state index in [0.29, 0.717) is 0 Å². The van der Waals surface area contributed by atoms with Crippen molar-refractivity contribution in [3.63, 3.8) is 0 Å². The Morgan fingerprint density at radius 2 is 2.05 bits per heavy atom. The molecule has 0 spiro atoms. The van der Waals surface area contributed by atoms with Gasteiger partial charge in [0.05, 0.1) is 10.4 Å². The molecule has 19 heavy (non-hydrogen) atoms. The molecule has 1 rings (SSSR count). The number of thiophene rings is 1. The van der Waals surface area contributed by atoms with Crippen LogP contribution in [0, 0.1) is 6.92 Å². The fourth-order valence-electron chi connectivity index (χ4n) is 2.03. The average molecular weight is 302 g/mol. The first-order chi connectivity index (χ1) is 9.22. The van der Waals surface area contributed by atoms with E-state index in [1.165, 1.54) is 37.7 Å². The Hall–Kier alpha value is -0.0500. The number of hydrogen-bond acceptors (Lipinski definition) is 2. The molecule has 3 heteroatoms. The molecule has 0 aromatic carbocycles. The van der Waals surface area contributed by atoms with E-state index < -0.39 is 0 Å². The molecule has 1 atom stereocenters. The SMILES string of the molecule is [CH2]C(CCCC)OCCCCCCc1csc(Cl)c1. The highest BCUT2D eigenvalue weighted by atomic mass is 35.5. The van der Waals surface area contributed by atoms with E-state index in [4.69, 9.17) is 16.3 Å². The molecule has 0 aliphatic carbocycles. The minimum absolute atomic E-state index is 0.188. The predicted octanol–water partition coefficient (Wildman–Crippen LogP) is 5.91. The molecule has 0 amide bonds. The van der Waals surface area contributed by atoms with Crippen molar-refractivity contribution in [2.24, 2.45) is 0 Å². The lowest BCUT2D eigenvalue weighted by molar-refractivity contribution is 0.0730. The van der Waals surface area contributed by atoms with Gasteiger partial charge in [-0.2, -0.15) is 0 Å². The van der Waals surface area contributed by atoms with Crippen LogP contribution in [-0.4, -0.2) is 12.7 Å². The van der Waals surface area contributed by atoms with Gasteiger partial charge in [-0.1, -0.05) is 44.2 Å². The van der Waals surface area contributed by atoms with Crippen LogP contribution in [-0.2, 0) is 11.2 Å². The molecule has 0 N–H and O–H groups in total. The first kappa shape index (κ1) is 17.0. The summed E-state index contributed by atoms with van der Waals surface area (Å²) in [4.78, 5) is 0. The lowest BCUT2D eigenvalue weighted by Crippen LogP contribution is -2.09. The summed E-state index contributed by atoms with van der Waals surface area (Å²) in [6.07, 6.45) is 9.80. The third-order valence-electron chi connectivity index (χ3n) is 3.21. The summed E-state index contributed by atoms with van der Waals surface area (Å²) in [6, 6.07) is 2.08. The minimum atomic E-state index is 0.188. The second kappa shape index (κ2) is 10.7. The molecule has 1 aromatic rings. The summed E-state index contributed by atoms with van der Waals surface area (Å²) in [5, 5.41) is 2.16. The summed E-state index contributed by atoms with van der Waals surface area (Å²) in [7, 11) is 0. The largest absolute Gasteiger partial charge is 0.378 e. The lowest BCUT2D eigenvalue weighted by atomic mass is 10.1. The zero-order valence-corrected chi connectivity index (χ0v) is 13.6. The number of rotatable bonds is 11. The summed E-state index contributed by atoms with van der Waals surface area (Å²) in [5.41, 5.74) is 1.38. The third-order valence-corrected chi connectivity index (χ3v) is 4.35. The van der Waals surface area contributed by atoms with Crippen LogP contribution in [0.2, 0.25) is 4.34 Å². The maximum atomic E-state index is 5.90. The Bertz CT molecular complexity index is 324. The van der Waals surface area contributed by atoms with Gasteiger partial charge in [0.1, 0.15) is 0 Å². The highest BCUT2D eigenvalue weighted by molar-refractivity contribution is 7.14. The molecule has 0 aliphatic heterocycles. The first-order valence-electron chi connectivity index (χ1n) is 7.40. The summed E-state index contributed by atoms with van der Waals surface area (Å²) >= 11 is 7.53. The molecule has 1 aromatic heterocycles. The van der Waals surface area contributed by atoms with E-state index in [-0.39, 0.29) is 6.10 Å². The van der Waals surface area contributed by atoms with Crippen molar-refractivity contribution in [3.8, 4) is 0 Å². The van der Waals surface area contributed by atoms with Crippen molar-refractivity contribution in [2.75, 3.05) is 6.61 Å². The van der Waals surface area contributed by atoms with Crippen molar-refractivity contribution >= 4 is 22.9 Å². The Balaban J connectivity index is 1.88. The smallest absolute Gasteiger partial charge is 0.0931 e. The molecular formula is C16H26ClOS. The zero-order chi connectivity index (χ0) is 13.9. The molecule has 1 unspecified atom stereocenters. The van der Waals surface area contributed by atoms with Crippen LogP contribution in [0.1, 0.15) is 57.4 Å². The zero-order valence-electron chi connectivity index (χ0n) is 12.0. The maximum Gasteiger partial charge on any atom is 0.0931 e. The Morgan fingerprint density at radius 1 is 1.26 bits per heavy atom. The maximum absolute atomic E-state index is 5.90. The van der Waals surface area contributed by atoms with Gasteiger partial charge in [-0.15, -0.1) is 11.3 Å². The van der Waals surface area contributed by atoms with Crippen molar-refractivity contribution < 1.29 is 4.74 Å². The monoisotopic (exact) mass is 301 g/mol. The van der Waals surface area contributed by atoms with Crippen LogP contribution in [0.5, 0.6) is 0 Å². The van der Waals surface area contributed by atoms with Gasteiger partial charge >= 0.3 is 0 Å². The molecule has 0 saturated carbocycles. The number of unbranched alkanes of at least 4 members (excludes halogenated alkanes) is 4. The number of hydrogen-bond donors (Lipinski definition) is 0. The van der Waals surface area contributed by atoms with Gasteiger partial charge in [0.25, 0.3) is 0 Å². The summed E-state index contributed by atoms with van der Waals surface area (Å²) in [5.74, 6) is 0. The molecule has 0 bridgehead atoms. The van der Waals surface area contributed by atoms with Gasteiger partial charge in [-0.25, -0.2) is 0 Å². The van der Waals surface area contributed by atoms with E-state index in [0.717, 1.165) is 30.2 Å². The Labute approximate surface area is 127 Å². The highest BCUT2D eigenvalue weighted by Gasteiger charge is 2.01. The standard InChI is InChI=1S/C16H26ClOS/c1-3-4-9-14(2)18-11-8-6-5-7-10-15-12-16(17)19-13-15/h12-14H,2-11H2,1H3. The van der Waals surface area contributed by atoms with E-state index in [1.807, 2.05) is 0 Å². The fraction of sp³-hybridized carbons (Fsp3) is 0.688. The van der Waals surface area contributed by atoms with E-state index >= 15 is 0 Å². The van der Waals surface area contributed by atoms with Crippen molar-refractivity contribution in [3.05, 3.63) is 28.3 Å². The van der Waals surface area contributed by atoms with Crippen molar-refractivity contribution in [1.29, 1.82) is 0 Å². The third kappa shape index (κ3) is 8.67. The molecule has 109 valence electrons. The molecule has 1 radical (unpaired) electrons. The molecule has 0 aliphatic rings. The Morgan fingerprint density at radius 3 is 2.74 bits per heavy atom. The quantitative estimate of drug-likeness (QED) is 0.461. The normalized spacial score (nSPS) is 12.8. The van der Waals surface area contributed by atoms with Crippen molar-refractivity contribution in [1.82, 2.24) is 0 Å². The minimum Gasteiger partial charge on any atom is -0.378 e. The van der Waals surface area contributed by atoms with Gasteiger partial charge in [-0.3, -0.25) is 0 Å². The molecule has 1 heterocycles. The summed E-state index contributed by atoms with van der Waals surface area (Å²) < 4.78 is 6.59. The lowest BCUT2D eigenvalue weighted by Gasteiger charge is -2.11. The predicted molar refractivity (Wildman–Crippen MR) is 86.1 cm³/mol. The van der Waals surface area contributed by atoms with E-state index in [2.05, 4.69) is 25.3 Å². The topological polar surface area (TPSA) is 9.23 Å². The molecular weight excluding hydrogens is 276 g/mol. The number of halogens is 1. The summed E-state index contributed by atoms with van der Waals surface area (Å²) in [6.45, 7) is 7.08. The van der Waals surface area contributed by atoms with Gasteiger partial charge < -0.3 is 4.74 Å². The van der Waals surface area contributed by atoms with E-state index in [9.17, 15) is 0 Å². The van der Waals surface area contributed by atoms with Crippen molar-refractivity contribution in [2.45, 2.75) is 64.4 Å². The van der Waals surface area contributed by atoms with Crippen LogP contribution in [0.15, 0.2) is 11.4 Å². The van der Waals surface area contributed by atoms with Gasteiger partial charge in [0, 0.05) is 6.61 Å². The van der Waals surface area contributed by atoms with Crippen LogP contribution in [0.3, 0.4) is 0 Å². The van der Waals surface area contributed by atoms with Crippen LogP contribution in [0.4, 0.5) is 0 Å². The molecule has 0 saturated heterocycles. The second-order valence-corrected chi connectivity index (χ2v) is 6.60. The average Bonchev–Trinajstić information content (AvgIpc) is 2.81. The fourth-order valence-corrected chi connectivity index (χ4v) is 2.97. The van der Waals surface area contributed by atoms with Crippen LogP contribution >= 0.6 is 22.9 Å². The Kier molecular flexibility index (Phi) is 9.58. The second-order valence-electron chi connectivity index (χ2n) is 5.06. The molecule has 1 nitrogen and oxygen atoms in total. The van der Waals surface area contributed by atoms with Gasteiger partial charge in [0.15, 0.2) is 0 Å². The van der Waals surface area contributed by atoms with Crippen LogP contribution < -0.4 is 0 Å². The first-order valence-corrected chi connectivity index (χ1v) is 8.65. The van der Waals surface area contributed by atoms with Gasteiger partial charge in [0.2, 0.25) is 0 Å². The van der Waals surface area contributed by atoms with Crippen LogP contribution in [0.25, 0.3) is 0 Å². The number of aryl methyl sites for hydroxylation is 1. The molecule has 0 fully saturated rings. The highest BCUT2D eigenvalue weighted by Crippen LogP contribution is 2.21. The number of ether oxygens (including phenoxy) is 1.